The summed E-state index contributed by atoms with van der Waals surface area (Å²) in [6.07, 6.45) is 1.56. The summed E-state index contributed by atoms with van der Waals surface area (Å²) in [6.45, 7) is 8.21. The van der Waals surface area contributed by atoms with E-state index in [4.69, 9.17) is 4.74 Å². The number of phenolic OH excluding ortho intramolecular Hbond substituents is 1. The van der Waals surface area contributed by atoms with Gasteiger partial charge in [-0.3, -0.25) is 0 Å². The fourth-order valence-electron chi connectivity index (χ4n) is 3.22. The van der Waals surface area contributed by atoms with Gasteiger partial charge in [0.05, 0.1) is 0 Å². The van der Waals surface area contributed by atoms with E-state index in [1.54, 1.807) is 12.1 Å². The molecule has 2 aromatic carbocycles. The van der Waals surface area contributed by atoms with Crippen LogP contribution in [0.15, 0.2) is 24.3 Å². The van der Waals surface area contributed by atoms with Crippen LogP contribution in [0.2, 0.25) is 0 Å². The van der Waals surface area contributed by atoms with Crippen LogP contribution in [0.1, 0.15) is 47.6 Å². The number of hydrogen-bond acceptors (Lipinski definition) is 3. The van der Waals surface area contributed by atoms with Crippen LogP contribution in [0.5, 0.6) is 17.2 Å². The van der Waals surface area contributed by atoms with Gasteiger partial charge in [0.15, 0.2) is 0 Å². The molecule has 0 aromatic heterocycles. The van der Waals surface area contributed by atoms with E-state index < -0.39 is 8.15 Å². The van der Waals surface area contributed by atoms with Gasteiger partial charge in [-0.15, -0.1) is 0 Å². The highest BCUT2D eigenvalue weighted by Gasteiger charge is 2.24. The molecule has 1 heterocycles. The molecule has 0 radical (unpaired) electrons. The van der Waals surface area contributed by atoms with E-state index in [9.17, 15) is 10.00 Å². The molecular weight excluding hydrogens is 307 g/mol. The van der Waals surface area contributed by atoms with Crippen molar-refractivity contribution in [1.82, 2.24) is 0 Å². The maximum Gasteiger partial charge on any atom is 0.133 e. The SMILES string of the molecule is Cc1cc2c(c(C)c1Oc1ccc(O)c(C(C)C)c1)CP(O)C2. The summed E-state index contributed by atoms with van der Waals surface area (Å²) in [5.41, 5.74) is 5.60. The Kier molecular flexibility index (Phi) is 4.35. The van der Waals surface area contributed by atoms with E-state index in [0.717, 1.165) is 40.5 Å². The minimum atomic E-state index is -0.899. The zero-order valence-electron chi connectivity index (χ0n) is 14.1. The van der Waals surface area contributed by atoms with Gasteiger partial charge in [-0.1, -0.05) is 19.9 Å². The Hall–Kier alpha value is -1.57. The summed E-state index contributed by atoms with van der Waals surface area (Å²) in [6, 6.07) is 7.53. The van der Waals surface area contributed by atoms with Crippen LogP contribution in [-0.2, 0) is 12.3 Å². The molecule has 0 aliphatic carbocycles. The number of aryl methyl sites for hydroxylation is 1. The van der Waals surface area contributed by atoms with E-state index in [-0.39, 0.29) is 5.92 Å². The summed E-state index contributed by atoms with van der Waals surface area (Å²) in [5.74, 6) is 2.15. The first-order valence-electron chi connectivity index (χ1n) is 7.93. The van der Waals surface area contributed by atoms with Crippen molar-refractivity contribution >= 4 is 8.15 Å². The first-order chi connectivity index (χ1) is 10.9. The van der Waals surface area contributed by atoms with Crippen LogP contribution in [-0.4, -0.2) is 10.00 Å². The third-order valence-corrected chi connectivity index (χ3v) is 5.85. The average molecular weight is 330 g/mol. The molecule has 0 spiro atoms. The summed E-state index contributed by atoms with van der Waals surface area (Å²) in [7, 11) is -0.899. The lowest BCUT2D eigenvalue weighted by atomic mass is 9.99. The molecule has 1 aliphatic heterocycles. The predicted octanol–water partition coefficient (Wildman–Crippen LogP) is 5.33. The molecule has 0 saturated heterocycles. The molecule has 122 valence electrons. The van der Waals surface area contributed by atoms with Crippen molar-refractivity contribution in [2.45, 2.75) is 45.9 Å². The molecule has 1 aliphatic rings. The van der Waals surface area contributed by atoms with Gasteiger partial charge < -0.3 is 14.7 Å². The van der Waals surface area contributed by atoms with E-state index in [0.29, 0.717) is 5.75 Å². The molecule has 2 N–H and O–H groups in total. The zero-order chi connectivity index (χ0) is 16.7. The smallest absolute Gasteiger partial charge is 0.133 e. The van der Waals surface area contributed by atoms with Gasteiger partial charge in [-0.2, -0.15) is 0 Å². The van der Waals surface area contributed by atoms with Gasteiger partial charge in [0.25, 0.3) is 0 Å². The van der Waals surface area contributed by atoms with E-state index >= 15 is 0 Å². The van der Waals surface area contributed by atoms with Gasteiger partial charge in [-0.05, 0) is 60.2 Å². The summed E-state index contributed by atoms with van der Waals surface area (Å²) in [5, 5.41) is 9.96. The third kappa shape index (κ3) is 3.08. The Morgan fingerprint density at radius 3 is 2.57 bits per heavy atom. The highest BCUT2D eigenvalue weighted by atomic mass is 31.1. The van der Waals surface area contributed by atoms with Crippen molar-refractivity contribution < 1.29 is 14.7 Å². The second-order valence-electron chi connectivity index (χ2n) is 6.59. The first-order valence-corrected chi connectivity index (χ1v) is 9.60. The molecule has 2 aromatic rings. The van der Waals surface area contributed by atoms with Crippen molar-refractivity contribution in [2.24, 2.45) is 0 Å². The number of ether oxygens (including phenoxy) is 1. The monoisotopic (exact) mass is 330 g/mol. The molecule has 0 saturated carbocycles. The molecular formula is C19H23O3P. The number of rotatable bonds is 3. The summed E-state index contributed by atoms with van der Waals surface area (Å²) < 4.78 is 6.16. The van der Waals surface area contributed by atoms with Crippen molar-refractivity contribution in [3.05, 3.63) is 52.1 Å². The molecule has 1 atom stereocenters. The Bertz CT molecular complexity index is 753. The van der Waals surface area contributed by atoms with Crippen LogP contribution in [0, 0.1) is 13.8 Å². The van der Waals surface area contributed by atoms with Gasteiger partial charge >= 0.3 is 0 Å². The van der Waals surface area contributed by atoms with Crippen LogP contribution >= 0.6 is 8.15 Å². The quantitative estimate of drug-likeness (QED) is 0.748. The Morgan fingerprint density at radius 1 is 1.13 bits per heavy atom. The molecule has 3 nitrogen and oxygen atoms in total. The van der Waals surface area contributed by atoms with Crippen molar-refractivity contribution in [3.8, 4) is 17.2 Å². The van der Waals surface area contributed by atoms with Crippen LogP contribution in [0.4, 0.5) is 0 Å². The highest BCUT2D eigenvalue weighted by Crippen LogP contribution is 2.50. The van der Waals surface area contributed by atoms with Crippen LogP contribution in [0.3, 0.4) is 0 Å². The largest absolute Gasteiger partial charge is 0.508 e. The zero-order valence-corrected chi connectivity index (χ0v) is 14.9. The number of phenols is 1. The maximum absolute atomic E-state index is 9.97. The minimum absolute atomic E-state index is 0.235. The van der Waals surface area contributed by atoms with E-state index in [1.807, 2.05) is 26.8 Å². The van der Waals surface area contributed by atoms with Crippen molar-refractivity contribution in [1.29, 1.82) is 0 Å². The van der Waals surface area contributed by atoms with Gasteiger partial charge in [0, 0.05) is 26.0 Å². The Morgan fingerprint density at radius 2 is 1.87 bits per heavy atom. The van der Waals surface area contributed by atoms with Crippen LogP contribution in [0.25, 0.3) is 0 Å². The normalized spacial score (nSPS) is 16.7. The molecule has 3 rings (SSSR count). The lowest BCUT2D eigenvalue weighted by molar-refractivity contribution is 0.452. The van der Waals surface area contributed by atoms with Gasteiger partial charge in [-0.25, -0.2) is 0 Å². The second kappa shape index (κ2) is 6.14. The highest BCUT2D eigenvalue weighted by molar-refractivity contribution is 7.50. The third-order valence-electron chi connectivity index (χ3n) is 4.46. The summed E-state index contributed by atoms with van der Waals surface area (Å²) in [4.78, 5) is 9.97. The van der Waals surface area contributed by atoms with Gasteiger partial charge in [0.2, 0.25) is 0 Å². The Balaban J connectivity index is 1.98. The fourth-order valence-corrected chi connectivity index (χ4v) is 4.81. The molecule has 0 amide bonds. The van der Waals surface area contributed by atoms with Gasteiger partial charge in [0.1, 0.15) is 17.2 Å². The standard InChI is InChI=1S/C19H23O3P/c1-11(2)16-8-15(5-6-18(16)20)22-19-12(3)7-14-9-23(21)10-17(14)13(19)4/h5-8,11,20-21H,9-10H2,1-4H3. The van der Waals surface area contributed by atoms with E-state index in [2.05, 4.69) is 13.0 Å². The van der Waals surface area contributed by atoms with Crippen LogP contribution < -0.4 is 4.74 Å². The number of aromatic hydroxyl groups is 1. The van der Waals surface area contributed by atoms with Crippen molar-refractivity contribution in [2.75, 3.05) is 0 Å². The molecule has 4 heteroatoms. The molecule has 1 unspecified atom stereocenters. The lowest BCUT2D eigenvalue weighted by Crippen LogP contribution is -1.98. The Labute approximate surface area is 138 Å². The maximum atomic E-state index is 9.97. The topological polar surface area (TPSA) is 49.7 Å². The number of fused-ring (bicyclic) bond motifs is 1. The predicted molar refractivity (Wildman–Crippen MR) is 94.7 cm³/mol. The molecule has 0 fully saturated rings. The minimum Gasteiger partial charge on any atom is -0.508 e. The number of hydrogen-bond donors (Lipinski definition) is 2. The van der Waals surface area contributed by atoms with Crippen molar-refractivity contribution in [3.63, 3.8) is 0 Å². The van der Waals surface area contributed by atoms with E-state index in [1.165, 1.54) is 11.1 Å². The second-order valence-corrected chi connectivity index (χ2v) is 8.23. The number of benzene rings is 2. The average Bonchev–Trinajstić information content (AvgIpc) is 2.85. The molecule has 0 bridgehead atoms. The first kappa shape index (κ1) is 16.3. The molecule has 23 heavy (non-hydrogen) atoms. The summed E-state index contributed by atoms with van der Waals surface area (Å²) >= 11 is 0. The lowest BCUT2D eigenvalue weighted by Gasteiger charge is -2.17. The fraction of sp³-hybridized carbons (Fsp3) is 0.368.